The minimum atomic E-state index is -1.22. The van der Waals surface area contributed by atoms with Crippen LogP contribution in [0.3, 0.4) is 0 Å². The highest BCUT2D eigenvalue weighted by atomic mass is 16.1. The van der Waals surface area contributed by atoms with Gasteiger partial charge in [-0.1, -0.05) is 13.8 Å². The summed E-state index contributed by atoms with van der Waals surface area (Å²) in [5.41, 5.74) is 0. The van der Waals surface area contributed by atoms with Crippen LogP contribution in [-0.2, 0) is 4.79 Å². The Hall–Kier alpha value is -0.330. The Kier molecular flexibility index (Phi) is 0.760. The van der Waals surface area contributed by atoms with Gasteiger partial charge < -0.3 is 4.79 Å². The first-order valence-electron chi connectivity index (χ1n) is 2.45. The minimum Gasteiger partial charge on any atom is -0.303 e. The summed E-state index contributed by atoms with van der Waals surface area (Å²) in [7, 11) is 0. The maximum absolute atomic E-state index is 9.94. The molecule has 1 nitrogen and oxygen atoms in total. The van der Waals surface area contributed by atoms with Gasteiger partial charge in [0, 0.05) is 7.26 Å². The zero-order chi connectivity index (χ0) is 6.08. The highest BCUT2D eigenvalue weighted by Crippen LogP contribution is 1.78. The van der Waals surface area contributed by atoms with Crippen molar-refractivity contribution in [3.8, 4) is 0 Å². The van der Waals surface area contributed by atoms with Crippen LogP contribution in [0.4, 0.5) is 0 Å². The van der Waals surface area contributed by atoms with Crippen molar-refractivity contribution in [2.75, 3.05) is 0 Å². The van der Waals surface area contributed by atoms with Crippen molar-refractivity contribution >= 4 is 6.26 Å². The van der Waals surface area contributed by atoms with Gasteiger partial charge in [0.05, 0.1) is 0 Å². The second-order valence-corrected chi connectivity index (χ2v) is 1.10. The minimum absolute atomic E-state index is 0.840. The van der Waals surface area contributed by atoms with Gasteiger partial charge in [0.15, 0.2) is 0 Å². The van der Waals surface area contributed by atoms with Gasteiger partial charge in [-0.25, -0.2) is 0 Å². The lowest BCUT2D eigenvalue weighted by Gasteiger charge is -1.78. The second-order valence-electron chi connectivity index (χ2n) is 1.10. The maximum Gasteiger partial charge on any atom is 0.122 e. The Morgan fingerprint density at radius 3 is 2.40 bits per heavy atom. The molecule has 0 bridgehead atoms. The van der Waals surface area contributed by atoms with Crippen LogP contribution in [0.1, 0.15) is 16.6 Å². The molecule has 0 atom stereocenters. The van der Waals surface area contributed by atoms with E-state index in [1.54, 1.807) is 0 Å². The van der Waals surface area contributed by atoms with Crippen LogP contribution in [0.25, 0.3) is 0 Å². The molecule has 0 aromatic heterocycles. The molecular formula is C4H8O. The summed E-state index contributed by atoms with van der Waals surface area (Å²) in [6, 6.07) is 0. The largest absolute Gasteiger partial charge is 0.303 e. The van der Waals surface area contributed by atoms with Gasteiger partial charge in [-0.15, -0.1) is 0 Å². The summed E-state index contributed by atoms with van der Waals surface area (Å²) in [4.78, 5) is 9.94. The van der Waals surface area contributed by atoms with Gasteiger partial charge in [-0.05, 0) is 0 Å². The van der Waals surface area contributed by atoms with Crippen molar-refractivity contribution in [3.63, 3.8) is 0 Å². The average Bonchev–Trinajstić information content (AvgIpc) is 1.31. The van der Waals surface area contributed by atoms with E-state index in [1.807, 2.05) is 0 Å². The van der Waals surface area contributed by atoms with Crippen molar-refractivity contribution in [2.24, 2.45) is 5.89 Å². The molecule has 0 heterocycles. The third-order valence-corrected chi connectivity index (χ3v) is 0.204. The lowest BCUT2D eigenvalue weighted by molar-refractivity contribution is -0.110. The van der Waals surface area contributed by atoms with Gasteiger partial charge in [-0.3, -0.25) is 0 Å². The normalized spacial score (nSPS) is 16.4. The van der Waals surface area contributed by atoms with Crippen LogP contribution >= 0.6 is 0 Å². The number of hydrogen-bond donors (Lipinski definition) is 0. The summed E-state index contributed by atoms with van der Waals surface area (Å²) >= 11 is 0. The molecule has 0 aliphatic heterocycles. The molecule has 1 heteroatoms. The zero-order valence-corrected chi connectivity index (χ0v) is 3.41. The van der Waals surface area contributed by atoms with Gasteiger partial charge >= 0.3 is 0 Å². The number of hydrogen-bond acceptors (Lipinski definition) is 1. The first kappa shape index (κ1) is 1.96. The van der Waals surface area contributed by atoms with E-state index in [4.69, 9.17) is 2.74 Å². The molecule has 0 spiro atoms. The molecular weight excluding hydrogens is 64.0 g/mol. The van der Waals surface area contributed by atoms with Crippen LogP contribution in [0.15, 0.2) is 0 Å². The fourth-order valence-corrected chi connectivity index (χ4v) is 0. The lowest BCUT2D eigenvalue weighted by Crippen LogP contribution is -1.82. The summed E-state index contributed by atoms with van der Waals surface area (Å²) in [5.74, 6) is -1.22. The smallest absolute Gasteiger partial charge is 0.122 e. The van der Waals surface area contributed by atoms with E-state index in [9.17, 15) is 4.79 Å². The van der Waals surface area contributed by atoms with Crippen molar-refractivity contribution < 1.29 is 7.54 Å². The molecule has 0 aliphatic rings. The summed E-state index contributed by atoms with van der Waals surface area (Å²) in [6.07, 6.45) is -0.840. The quantitative estimate of drug-likeness (QED) is 0.421. The van der Waals surface area contributed by atoms with E-state index >= 15 is 0 Å². The monoisotopic (exact) mass is 74.1 g/mol. The van der Waals surface area contributed by atoms with Crippen LogP contribution in [-0.4, -0.2) is 6.26 Å². The van der Waals surface area contributed by atoms with Crippen LogP contribution < -0.4 is 0 Å². The van der Waals surface area contributed by atoms with Gasteiger partial charge in [-0.2, -0.15) is 0 Å². The van der Waals surface area contributed by atoms with E-state index in [2.05, 4.69) is 0 Å². The summed E-state index contributed by atoms with van der Waals surface area (Å²) in [6.45, 7) is 2.78. The molecule has 0 saturated carbocycles. The van der Waals surface area contributed by atoms with Crippen molar-refractivity contribution in [1.82, 2.24) is 0 Å². The molecule has 0 amide bonds. The third kappa shape index (κ3) is 3.67. The lowest BCUT2D eigenvalue weighted by atomic mass is 10.3. The zero-order valence-electron chi connectivity index (χ0n) is 5.41. The SMILES string of the molecule is [2H]C(=O)C([2H])(C)C. The number of rotatable bonds is 1. The van der Waals surface area contributed by atoms with E-state index in [0.717, 1.165) is 0 Å². The average molecular weight is 74.1 g/mol. The topological polar surface area (TPSA) is 17.1 Å². The van der Waals surface area contributed by atoms with E-state index in [0.29, 0.717) is 0 Å². The Labute approximate surface area is 34.8 Å². The molecule has 0 aromatic carbocycles. The standard InChI is InChI=1S/C4H8O/c1-4(2)3-5/h3-4H,1-2H3/i3D,4D. The maximum atomic E-state index is 9.94. The predicted molar refractivity (Wildman–Crippen MR) is 20.9 cm³/mol. The van der Waals surface area contributed by atoms with Crippen LogP contribution in [0.2, 0.25) is 0 Å². The van der Waals surface area contributed by atoms with E-state index in [-0.39, 0.29) is 0 Å². The molecule has 0 radical (unpaired) electrons. The van der Waals surface area contributed by atoms with E-state index in [1.165, 1.54) is 13.8 Å². The first-order valence-corrected chi connectivity index (χ1v) is 1.45. The second kappa shape index (κ2) is 1.94. The molecule has 0 aliphatic carbocycles. The highest BCUT2D eigenvalue weighted by molar-refractivity contribution is 5.51. The van der Waals surface area contributed by atoms with Gasteiger partial charge in [0.1, 0.15) is 7.63 Å². The number of carbonyl (C=O) groups is 1. The molecule has 0 N–H and O–H groups in total. The number of carbonyl (C=O) groups excluding carboxylic acids is 1. The molecule has 0 saturated heterocycles. The predicted octanol–water partition coefficient (Wildman–Crippen LogP) is 0.841. The van der Waals surface area contributed by atoms with Crippen molar-refractivity contribution in [1.29, 1.82) is 0 Å². The molecule has 0 aromatic rings. The van der Waals surface area contributed by atoms with Gasteiger partial charge in [0.2, 0.25) is 0 Å². The Morgan fingerprint density at radius 2 is 2.40 bits per heavy atom. The Bertz CT molecular complexity index is 82.2. The Balaban J connectivity index is 3.79. The van der Waals surface area contributed by atoms with Crippen LogP contribution in [0, 0.1) is 5.89 Å². The first-order chi connectivity index (χ1) is 2.94. The molecule has 5 heavy (non-hydrogen) atoms. The molecule has 30 valence electrons. The fraction of sp³-hybridized carbons (Fsp3) is 0.750. The number of aldehydes is 1. The third-order valence-electron chi connectivity index (χ3n) is 0.204. The van der Waals surface area contributed by atoms with Gasteiger partial charge in [0.25, 0.3) is 0 Å². The van der Waals surface area contributed by atoms with E-state index < -0.39 is 12.2 Å². The Morgan fingerprint density at radius 1 is 2.20 bits per heavy atom. The van der Waals surface area contributed by atoms with Crippen LogP contribution in [0.5, 0.6) is 0 Å². The van der Waals surface area contributed by atoms with Crippen molar-refractivity contribution in [3.05, 3.63) is 0 Å². The molecule has 0 rings (SSSR count). The fourth-order valence-electron chi connectivity index (χ4n) is 0. The highest BCUT2D eigenvalue weighted by Gasteiger charge is 1.79. The van der Waals surface area contributed by atoms with Crippen molar-refractivity contribution in [2.45, 2.75) is 13.8 Å². The molecule has 0 fully saturated rings. The summed E-state index contributed by atoms with van der Waals surface area (Å²) < 4.78 is 13.3. The molecule has 0 unspecified atom stereocenters. The summed E-state index contributed by atoms with van der Waals surface area (Å²) in [5, 5.41) is 0.